The highest BCUT2D eigenvalue weighted by Gasteiger charge is 2.57. The van der Waals surface area contributed by atoms with Crippen LogP contribution in [-0.4, -0.2) is 39.5 Å². The topological polar surface area (TPSA) is 91.8 Å². The van der Waals surface area contributed by atoms with Crippen molar-refractivity contribution >= 4 is 29.7 Å². The first-order valence-corrected chi connectivity index (χ1v) is 5.98. The molecule has 0 N–H and O–H groups in total. The van der Waals surface area contributed by atoms with Crippen LogP contribution in [0.2, 0.25) is 0 Å². The van der Waals surface area contributed by atoms with Gasteiger partial charge < -0.3 is 0 Å². The van der Waals surface area contributed by atoms with Gasteiger partial charge in [0.25, 0.3) is 11.8 Å². The van der Waals surface area contributed by atoms with E-state index in [2.05, 4.69) is 0 Å². The number of imide groups is 6. The summed E-state index contributed by atoms with van der Waals surface area (Å²) in [6.07, 6.45) is 0.226. The maximum Gasteiger partial charge on any atom is 0.347 e. The molecule has 0 bridgehead atoms. The van der Waals surface area contributed by atoms with Crippen molar-refractivity contribution in [2.24, 2.45) is 5.41 Å². The molecule has 1 rings (SSSR count). The summed E-state index contributed by atoms with van der Waals surface area (Å²) < 4.78 is 0. The average molecular weight is 268 g/mol. The Morgan fingerprint density at radius 1 is 0.895 bits per heavy atom. The summed E-state index contributed by atoms with van der Waals surface area (Å²) in [6, 6.07) is -1.19. The molecule has 0 aromatic carbocycles. The van der Waals surface area contributed by atoms with Crippen molar-refractivity contribution in [1.29, 1.82) is 0 Å². The molecule has 0 radical (unpaired) electrons. The molecule has 1 heterocycles. The summed E-state index contributed by atoms with van der Waals surface area (Å²) in [6.45, 7) is 5.29. The number of carbonyl (C=O) groups excluding carboxylic acids is 5. The highest BCUT2D eigenvalue weighted by atomic mass is 16.2. The van der Waals surface area contributed by atoms with Crippen molar-refractivity contribution in [1.82, 2.24) is 9.80 Å². The minimum atomic E-state index is -1.52. The molecule has 0 saturated carbocycles. The lowest BCUT2D eigenvalue weighted by atomic mass is 9.78. The van der Waals surface area contributed by atoms with Gasteiger partial charge in [0, 0.05) is 13.8 Å². The van der Waals surface area contributed by atoms with Crippen LogP contribution in [0.3, 0.4) is 0 Å². The summed E-state index contributed by atoms with van der Waals surface area (Å²) in [5.41, 5.74) is -1.52. The van der Waals surface area contributed by atoms with Gasteiger partial charge in [0.1, 0.15) is 5.41 Å². The SMILES string of the molecule is CCC1(CC)C(=O)N(C(C)=O)C(=O)N(C(C)=O)C1=O. The molecular weight excluding hydrogens is 252 g/mol. The molecular formula is C12H16N2O5. The van der Waals surface area contributed by atoms with Gasteiger partial charge >= 0.3 is 6.03 Å². The molecule has 19 heavy (non-hydrogen) atoms. The molecule has 0 aromatic rings. The molecule has 104 valence electrons. The lowest BCUT2D eigenvalue weighted by Gasteiger charge is -2.40. The summed E-state index contributed by atoms with van der Waals surface area (Å²) in [7, 11) is 0. The quantitative estimate of drug-likeness (QED) is 0.686. The Bertz CT molecular complexity index is 441. The van der Waals surface area contributed by atoms with E-state index in [4.69, 9.17) is 0 Å². The van der Waals surface area contributed by atoms with Crippen LogP contribution in [0.4, 0.5) is 4.79 Å². The van der Waals surface area contributed by atoms with Crippen LogP contribution in [0.1, 0.15) is 40.5 Å². The average Bonchev–Trinajstić information content (AvgIpc) is 2.29. The maximum absolute atomic E-state index is 12.3. The molecule has 0 aromatic heterocycles. The Morgan fingerprint density at radius 3 is 1.42 bits per heavy atom. The first kappa shape index (κ1) is 15.0. The third-order valence-corrected chi connectivity index (χ3v) is 3.44. The minimum Gasteiger partial charge on any atom is -0.274 e. The number of amides is 6. The van der Waals surface area contributed by atoms with Crippen LogP contribution in [0.15, 0.2) is 0 Å². The molecule has 7 heteroatoms. The number of carbonyl (C=O) groups is 5. The highest BCUT2D eigenvalue weighted by molar-refractivity contribution is 6.29. The maximum atomic E-state index is 12.3. The summed E-state index contributed by atoms with van der Waals surface area (Å²) in [5.74, 6) is -3.31. The zero-order chi connectivity index (χ0) is 15.0. The fourth-order valence-electron chi connectivity index (χ4n) is 2.20. The zero-order valence-electron chi connectivity index (χ0n) is 11.3. The molecule has 1 aliphatic heterocycles. The monoisotopic (exact) mass is 268 g/mol. The molecule has 7 nitrogen and oxygen atoms in total. The van der Waals surface area contributed by atoms with E-state index in [9.17, 15) is 24.0 Å². The Balaban J connectivity index is 3.48. The Labute approximate surface area is 110 Å². The second-order valence-electron chi connectivity index (χ2n) is 4.39. The molecule has 6 amide bonds. The first-order chi connectivity index (χ1) is 8.74. The Morgan fingerprint density at radius 2 is 1.21 bits per heavy atom. The van der Waals surface area contributed by atoms with Crippen LogP contribution < -0.4 is 0 Å². The molecule has 1 aliphatic rings. The number of nitrogens with zero attached hydrogens (tertiary/aromatic N) is 2. The van der Waals surface area contributed by atoms with Crippen molar-refractivity contribution in [3.63, 3.8) is 0 Å². The fourth-order valence-corrected chi connectivity index (χ4v) is 2.20. The number of hydrogen-bond acceptors (Lipinski definition) is 5. The number of barbiturate groups is 1. The van der Waals surface area contributed by atoms with Crippen LogP contribution in [0.5, 0.6) is 0 Å². The molecule has 1 saturated heterocycles. The van der Waals surface area contributed by atoms with Gasteiger partial charge in [0.05, 0.1) is 0 Å². The molecule has 0 aliphatic carbocycles. The first-order valence-electron chi connectivity index (χ1n) is 5.98. The fraction of sp³-hybridized carbons (Fsp3) is 0.583. The van der Waals surface area contributed by atoms with E-state index < -0.39 is 35.1 Å². The smallest absolute Gasteiger partial charge is 0.274 e. The van der Waals surface area contributed by atoms with Gasteiger partial charge in [0.15, 0.2) is 0 Å². The number of rotatable bonds is 2. The lowest BCUT2D eigenvalue weighted by Crippen LogP contribution is -2.66. The van der Waals surface area contributed by atoms with E-state index in [1.165, 1.54) is 0 Å². The van der Waals surface area contributed by atoms with Gasteiger partial charge in [-0.15, -0.1) is 0 Å². The molecule has 0 spiro atoms. The molecule has 1 fully saturated rings. The predicted molar refractivity (Wildman–Crippen MR) is 63.5 cm³/mol. The van der Waals surface area contributed by atoms with Gasteiger partial charge in [-0.05, 0) is 12.8 Å². The third-order valence-electron chi connectivity index (χ3n) is 3.44. The zero-order valence-corrected chi connectivity index (χ0v) is 11.3. The Kier molecular flexibility index (Phi) is 3.88. The molecule has 0 unspecified atom stereocenters. The van der Waals surface area contributed by atoms with Crippen molar-refractivity contribution in [3.8, 4) is 0 Å². The summed E-state index contributed by atoms with van der Waals surface area (Å²) >= 11 is 0. The summed E-state index contributed by atoms with van der Waals surface area (Å²) in [4.78, 5) is 60.1. The van der Waals surface area contributed by atoms with Crippen molar-refractivity contribution in [2.75, 3.05) is 0 Å². The van der Waals surface area contributed by atoms with Gasteiger partial charge in [-0.2, -0.15) is 9.80 Å². The highest BCUT2D eigenvalue weighted by Crippen LogP contribution is 2.36. The van der Waals surface area contributed by atoms with E-state index in [0.717, 1.165) is 13.8 Å². The van der Waals surface area contributed by atoms with Crippen LogP contribution in [-0.2, 0) is 19.2 Å². The van der Waals surface area contributed by atoms with Crippen LogP contribution in [0.25, 0.3) is 0 Å². The van der Waals surface area contributed by atoms with Crippen LogP contribution >= 0.6 is 0 Å². The number of hydrogen-bond donors (Lipinski definition) is 0. The van der Waals surface area contributed by atoms with Crippen LogP contribution in [0, 0.1) is 5.41 Å². The summed E-state index contributed by atoms with van der Waals surface area (Å²) in [5, 5.41) is 0. The second kappa shape index (κ2) is 4.91. The van der Waals surface area contributed by atoms with E-state index in [1.54, 1.807) is 13.8 Å². The van der Waals surface area contributed by atoms with Crippen molar-refractivity contribution in [2.45, 2.75) is 40.5 Å². The number of urea groups is 1. The van der Waals surface area contributed by atoms with E-state index in [1.807, 2.05) is 0 Å². The lowest BCUT2D eigenvalue weighted by molar-refractivity contribution is -0.164. The van der Waals surface area contributed by atoms with E-state index in [0.29, 0.717) is 9.80 Å². The largest absolute Gasteiger partial charge is 0.347 e. The van der Waals surface area contributed by atoms with E-state index >= 15 is 0 Å². The Hall–Kier alpha value is -2.05. The molecule has 0 atom stereocenters. The normalized spacial score (nSPS) is 18.8. The van der Waals surface area contributed by atoms with Crippen molar-refractivity contribution in [3.05, 3.63) is 0 Å². The predicted octanol–water partition coefficient (Wildman–Crippen LogP) is 0.677. The van der Waals surface area contributed by atoms with Crippen molar-refractivity contribution < 1.29 is 24.0 Å². The van der Waals surface area contributed by atoms with E-state index in [-0.39, 0.29) is 12.8 Å². The van der Waals surface area contributed by atoms with Gasteiger partial charge in [-0.1, -0.05) is 13.8 Å². The minimum absolute atomic E-state index is 0.113. The second-order valence-corrected chi connectivity index (χ2v) is 4.39. The van der Waals surface area contributed by atoms with Gasteiger partial charge in [0.2, 0.25) is 11.8 Å². The van der Waals surface area contributed by atoms with Gasteiger partial charge in [-0.25, -0.2) is 4.79 Å². The standard InChI is InChI=1S/C12H16N2O5/c1-5-12(6-2)9(17)13(7(3)15)11(19)14(8(4)16)10(12)18/h5-6H2,1-4H3. The third kappa shape index (κ3) is 1.94. The van der Waals surface area contributed by atoms with Gasteiger partial charge in [-0.3, -0.25) is 19.2 Å².